The zero-order valence-corrected chi connectivity index (χ0v) is 7.38. The maximum atomic E-state index is 12.4. The molecule has 11 heavy (non-hydrogen) atoms. The molecule has 0 aliphatic rings. The van der Waals surface area contributed by atoms with E-state index in [4.69, 9.17) is 5.11 Å². The lowest BCUT2D eigenvalue weighted by molar-refractivity contribution is 0.298. The topological polar surface area (TPSA) is 20.2 Å². The monoisotopic (exact) mass is 218 g/mol. The Kier molecular flexibility index (Phi) is 3.02. The predicted octanol–water partition coefficient (Wildman–Crippen LogP) is 2.25. The van der Waals surface area contributed by atoms with Crippen LogP contribution in [0.15, 0.2) is 24.3 Å². The van der Waals surface area contributed by atoms with Crippen LogP contribution < -0.4 is 0 Å². The molecule has 1 unspecified atom stereocenters. The highest BCUT2D eigenvalue weighted by Gasteiger charge is 2.04. The number of aliphatic hydroxyl groups is 1. The number of hydrogen-bond donors (Lipinski definition) is 1. The van der Waals surface area contributed by atoms with Gasteiger partial charge in [-0.15, -0.1) is 0 Å². The Morgan fingerprint density at radius 3 is 2.36 bits per heavy atom. The van der Waals surface area contributed by atoms with Gasteiger partial charge in [0, 0.05) is 0 Å². The van der Waals surface area contributed by atoms with Crippen LogP contribution in [0.25, 0.3) is 0 Å². The van der Waals surface area contributed by atoms with Gasteiger partial charge in [-0.2, -0.15) is 0 Å². The molecule has 0 aromatic heterocycles. The summed E-state index contributed by atoms with van der Waals surface area (Å²) in [5, 5.41) is 8.72. The van der Waals surface area contributed by atoms with Gasteiger partial charge in [0.05, 0.1) is 11.4 Å². The van der Waals surface area contributed by atoms with Crippen LogP contribution in [0, 0.1) is 5.82 Å². The summed E-state index contributed by atoms with van der Waals surface area (Å²) >= 11 is 3.24. The molecule has 1 N–H and O–H groups in total. The molecule has 0 amide bonds. The van der Waals surface area contributed by atoms with E-state index in [9.17, 15) is 4.39 Å². The molecule has 1 aromatic rings. The van der Waals surface area contributed by atoms with Crippen LogP contribution >= 0.6 is 15.9 Å². The second kappa shape index (κ2) is 3.83. The molecule has 0 saturated heterocycles. The first kappa shape index (κ1) is 8.68. The quantitative estimate of drug-likeness (QED) is 0.756. The van der Waals surface area contributed by atoms with Gasteiger partial charge >= 0.3 is 0 Å². The Morgan fingerprint density at radius 2 is 1.91 bits per heavy atom. The number of hydrogen-bond acceptors (Lipinski definition) is 1. The van der Waals surface area contributed by atoms with E-state index in [0.29, 0.717) is 0 Å². The zero-order valence-electron chi connectivity index (χ0n) is 5.80. The summed E-state index contributed by atoms with van der Waals surface area (Å²) in [5.41, 5.74) is 0.883. The normalized spacial score (nSPS) is 13.0. The van der Waals surface area contributed by atoms with Crippen LogP contribution in [-0.2, 0) is 0 Å². The molecular formula is C8H8BrFO. The fraction of sp³-hybridized carbons (Fsp3) is 0.250. The number of benzene rings is 1. The fourth-order valence-electron chi connectivity index (χ4n) is 0.777. The Bertz CT molecular complexity index is 222. The van der Waals surface area contributed by atoms with Crippen molar-refractivity contribution in [1.29, 1.82) is 0 Å². The van der Waals surface area contributed by atoms with Crippen LogP contribution in [0.4, 0.5) is 4.39 Å². The van der Waals surface area contributed by atoms with Crippen molar-refractivity contribution in [2.75, 3.05) is 6.61 Å². The third-order valence-corrected chi connectivity index (χ3v) is 2.21. The lowest BCUT2D eigenvalue weighted by atomic mass is 10.2. The molecule has 60 valence electrons. The molecule has 0 aliphatic heterocycles. The van der Waals surface area contributed by atoms with Gasteiger partial charge in [0.2, 0.25) is 0 Å². The molecule has 0 heterocycles. The van der Waals surface area contributed by atoms with E-state index >= 15 is 0 Å². The van der Waals surface area contributed by atoms with Gasteiger partial charge in [-0.3, -0.25) is 0 Å². The SMILES string of the molecule is OCC(Br)c1ccc(F)cc1. The molecule has 1 rings (SSSR count). The van der Waals surface area contributed by atoms with Crippen molar-refractivity contribution in [3.8, 4) is 0 Å². The highest BCUT2D eigenvalue weighted by molar-refractivity contribution is 9.09. The molecule has 0 radical (unpaired) electrons. The summed E-state index contributed by atoms with van der Waals surface area (Å²) in [6.45, 7) is 0.0195. The van der Waals surface area contributed by atoms with Crippen molar-refractivity contribution in [2.45, 2.75) is 4.83 Å². The van der Waals surface area contributed by atoms with Gasteiger partial charge in [-0.25, -0.2) is 4.39 Å². The largest absolute Gasteiger partial charge is 0.395 e. The number of halogens is 2. The average molecular weight is 219 g/mol. The van der Waals surface area contributed by atoms with Crippen molar-refractivity contribution in [2.24, 2.45) is 0 Å². The highest BCUT2D eigenvalue weighted by Crippen LogP contribution is 2.21. The first-order chi connectivity index (χ1) is 5.24. The molecule has 1 nitrogen and oxygen atoms in total. The third-order valence-electron chi connectivity index (χ3n) is 1.39. The van der Waals surface area contributed by atoms with E-state index in [0.717, 1.165) is 5.56 Å². The average Bonchev–Trinajstić information content (AvgIpc) is 2.05. The summed E-state index contributed by atoms with van der Waals surface area (Å²) in [7, 11) is 0. The second-order valence-corrected chi connectivity index (χ2v) is 3.31. The van der Waals surface area contributed by atoms with Crippen molar-refractivity contribution < 1.29 is 9.50 Å². The van der Waals surface area contributed by atoms with E-state index < -0.39 is 0 Å². The first-order valence-electron chi connectivity index (χ1n) is 3.24. The molecule has 0 spiro atoms. The Labute approximate surface area is 73.0 Å². The molecule has 0 aliphatic carbocycles. The Balaban J connectivity index is 2.81. The van der Waals surface area contributed by atoms with E-state index in [1.807, 2.05) is 0 Å². The van der Waals surface area contributed by atoms with Crippen LogP contribution in [0.1, 0.15) is 10.4 Å². The lowest BCUT2D eigenvalue weighted by Crippen LogP contribution is -1.94. The minimum Gasteiger partial charge on any atom is -0.395 e. The summed E-state index contributed by atoms with van der Waals surface area (Å²) in [6, 6.07) is 6.04. The van der Waals surface area contributed by atoms with Gasteiger partial charge < -0.3 is 5.11 Å². The molecule has 1 atom stereocenters. The molecular weight excluding hydrogens is 211 g/mol. The molecule has 0 saturated carbocycles. The lowest BCUT2D eigenvalue weighted by Gasteiger charge is -2.04. The van der Waals surface area contributed by atoms with Gasteiger partial charge in [0.1, 0.15) is 5.82 Å². The molecule has 0 fully saturated rings. The summed E-state index contributed by atoms with van der Waals surface area (Å²) in [6.07, 6.45) is 0. The smallest absolute Gasteiger partial charge is 0.123 e. The zero-order chi connectivity index (χ0) is 8.27. The summed E-state index contributed by atoms with van der Waals surface area (Å²) in [4.78, 5) is -0.0944. The number of alkyl halides is 1. The van der Waals surface area contributed by atoms with E-state index in [1.165, 1.54) is 12.1 Å². The van der Waals surface area contributed by atoms with Gasteiger partial charge in [0.15, 0.2) is 0 Å². The van der Waals surface area contributed by atoms with Crippen molar-refractivity contribution >= 4 is 15.9 Å². The standard InChI is InChI=1S/C8H8BrFO/c9-8(5-11)6-1-3-7(10)4-2-6/h1-4,8,11H,5H2. The minimum absolute atomic E-state index is 0.0195. The van der Waals surface area contributed by atoms with Gasteiger partial charge in [0.25, 0.3) is 0 Å². The van der Waals surface area contributed by atoms with Crippen molar-refractivity contribution in [1.82, 2.24) is 0 Å². The summed E-state index contributed by atoms with van der Waals surface area (Å²) < 4.78 is 12.4. The van der Waals surface area contributed by atoms with E-state index in [-0.39, 0.29) is 17.3 Å². The number of rotatable bonds is 2. The van der Waals surface area contributed by atoms with Crippen LogP contribution in [0.2, 0.25) is 0 Å². The maximum Gasteiger partial charge on any atom is 0.123 e. The molecule has 3 heteroatoms. The Hall–Kier alpha value is -0.410. The number of aliphatic hydroxyl groups excluding tert-OH is 1. The third kappa shape index (κ3) is 2.27. The maximum absolute atomic E-state index is 12.4. The molecule has 1 aromatic carbocycles. The van der Waals surface area contributed by atoms with Crippen molar-refractivity contribution in [3.05, 3.63) is 35.6 Å². The van der Waals surface area contributed by atoms with Crippen LogP contribution in [-0.4, -0.2) is 11.7 Å². The van der Waals surface area contributed by atoms with E-state index in [2.05, 4.69) is 15.9 Å². The van der Waals surface area contributed by atoms with Crippen molar-refractivity contribution in [3.63, 3.8) is 0 Å². The minimum atomic E-state index is -0.258. The van der Waals surface area contributed by atoms with E-state index in [1.54, 1.807) is 12.1 Å². The highest BCUT2D eigenvalue weighted by atomic mass is 79.9. The van der Waals surface area contributed by atoms with Crippen LogP contribution in [0.3, 0.4) is 0 Å². The second-order valence-electron chi connectivity index (χ2n) is 2.20. The van der Waals surface area contributed by atoms with Gasteiger partial charge in [-0.05, 0) is 17.7 Å². The Morgan fingerprint density at radius 1 is 1.36 bits per heavy atom. The molecule has 0 bridgehead atoms. The summed E-state index contributed by atoms with van der Waals surface area (Å²) in [5.74, 6) is -0.258. The van der Waals surface area contributed by atoms with Gasteiger partial charge in [-0.1, -0.05) is 28.1 Å². The fourth-order valence-corrected chi connectivity index (χ4v) is 1.08. The first-order valence-corrected chi connectivity index (χ1v) is 4.16. The predicted molar refractivity (Wildman–Crippen MR) is 45.2 cm³/mol. The van der Waals surface area contributed by atoms with Crippen LogP contribution in [0.5, 0.6) is 0 Å².